The minimum absolute atomic E-state index is 0.149. The Kier molecular flexibility index (Phi) is 5.49. The van der Waals surface area contributed by atoms with E-state index in [9.17, 15) is 14.7 Å². The van der Waals surface area contributed by atoms with E-state index < -0.39 is 12.0 Å². The van der Waals surface area contributed by atoms with Gasteiger partial charge in [-0.15, -0.1) is 0 Å². The van der Waals surface area contributed by atoms with Gasteiger partial charge in [0.25, 0.3) is 0 Å². The number of benzene rings is 2. The molecule has 0 saturated carbocycles. The molecule has 0 aliphatic heterocycles. The van der Waals surface area contributed by atoms with Gasteiger partial charge in [0.05, 0.1) is 6.61 Å². The average Bonchev–Trinajstić information content (AvgIpc) is 2.52. The summed E-state index contributed by atoms with van der Waals surface area (Å²) in [5, 5.41) is 13.9. The van der Waals surface area contributed by atoms with Crippen LogP contribution >= 0.6 is 0 Å². The maximum atomic E-state index is 11.7. The molecule has 0 aliphatic rings. The average molecular weight is 301 g/mol. The monoisotopic (exact) mass is 301 g/mol. The van der Waals surface area contributed by atoms with Gasteiger partial charge in [-0.2, -0.15) is 0 Å². The van der Waals surface area contributed by atoms with Crippen molar-refractivity contribution in [3.8, 4) is 0 Å². The largest absolute Gasteiger partial charge is 0.480 e. The first-order chi connectivity index (χ1) is 10.6. The first-order valence-corrected chi connectivity index (χ1v) is 7.09. The van der Waals surface area contributed by atoms with Crippen molar-refractivity contribution in [1.29, 1.82) is 0 Å². The van der Waals surface area contributed by atoms with Crippen LogP contribution in [0.4, 0.5) is 0 Å². The number of rotatable bonds is 7. The standard InChI is InChI=1S/C17H19NO4/c1-22-10-9-16(19)18-15(17(20)21)11-13-7-4-6-12-5-2-3-8-14(12)13/h2-8,15H,9-11H2,1H3,(H,18,19)(H,20,21). The van der Waals surface area contributed by atoms with Crippen LogP contribution in [0.25, 0.3) is 10.8 Å². The second-order valence-corrected chi connectivity index (χ2v) is 5.04. The first kappa shape index (κ1) is 16.0. The number of carbonyl (C=O) groups excluding carboxylic acids is 1. The summed E-state index contributed by atoms with van der Waals surface area (Å²) in [5.41, 5.74) is 0.901. The van der Waals surface area contributed by atoms with Crippen molar-refractivity contribution in [1.82, 2.24) is 5.32 Å². The van der Waals surface area contributed by atoms with E-state index in [0.29, 0.717) is 0 Å². The van der Waals surface area contributed by atoms with Gasteiger partial charge < -0.3 is 15.2 Å². The number of nitrogens with one attached hydrogen (secondary N) is 1. The Morgan fingerprint density at radius 3 is 2.64 bits per heavy atom. The minimum Gasteiger partial charge on any atom is -0.480 e. The van der Waals surface area contributed by atoms with Gasteiger partial charge in [0.2, 0.25) is 5.91 Å². The van der Waals surface area contributed by atoms with E-state index in [1.54, 1.807) is 0 Å². The van der Waals surface area contributed by atoms with Gasteiger partial charge in [0.15, 0.2) is 0 Å². The number of aliphatic carboxylic acids is 1. The highest BCUT2D eigenvalue weighted by Gasteiger charge is 2.21. The van der Waals surface area contributed by atoms with Crippen LogP contribution < -0.4 is 5.32 Å². The number of carboxylic acids is 1. The molecule has 2 rings (SSSR count). The molecule has 1 amide bonds. The van der Waals surface area contributed by atoms with Crippen molar-refractivity contribution in [3.63, 3.8) is 0 Å². The van der Waals surface area contributed by atoms with Crippen molar-refractivity contribution in [2.45, 2.75) is 18.9 Å². The second kappa shape index (κ2) is 7.56. The molecule has 0 heterocycles. The summed E-state index contributed by atoms with van der Waals surface area (Å²) in [6.07, 6.45) is 0.394. The molecule has 0 spiro atoms. The molecule has 0 aliphatic carbocycles. The summed E-state index contributed by atoms with van der Waals surface area (Å²) < 4.78 is 4.82. The molecule has 2 aromatic carbocycles. The van der Waals surface area contributed by atoms with Crippen LogP contribution in [0.2, 0.25) is 0 Å². The van der Waals surface area contributed by atoms with E-state index in [2.05, 4.69) is 5.32 Å². The lowest BCUT2D eigenvalue weighted by atomic mass is 9.98. The highest BCUT2D eigenvalue weighted by molar-refractivity contribution is 5.88. The maximum Gasteiger partial charge on any atom is 0.326 e. The third-order valence-corrected chi connectivity index (χ3v) is 3.47. The Morgan fingerprint density at radius 1 is 1.18 bits per heavy atom. The molecule has 116 valence electrons. The third-order valence-electron chi connectivity index (χ3n) is 3.47. The first-order valence-electron chi connectivity index (χ1n) is 7.09. The number of carboxylic acid groups (broad SMARTS) is 1. The Hall–Kier alpha value is -2.40. The maximum absolute atomic E-state index is 11.7. The molecular formula is C17H19NO4. The molecule has 1 unspecified atom stereocenters. The SMILES string of the molecule is COCCC(=O)NC(Cc1cccc2ccccc12)C(=O)O. The summed E-state index contributed by atoms with van der Waals surface area (Å²) in [4.78, 5) is 23.1. The van der Waals surface area contributed by atoms with Crippen LogP contribution in [0.3, 0.4) is 0 Å². The van der Waals surface area contributed by atoms with Crippen LogP contribution in [0, 0.1) is 0 Å². The lowest BCUT2D eigenvalue weighted by Crippen LogP contribution is -2.42. The van der Waals surface area contributed by atoms with Gasteiger partial charge in [-0.3, -0.25) is 4.79 Å². The van der Waals surface area contributed by atoms with Crippen LogP contribution in [0.15, 0.2) is 42.5 Å². The van der Waals surface area contributed by atoms with Crippen molar-refractivity contribution in [2.75, 3.05) is 13.7 Å². The molecule has 2 aromatic rings. The van der Waals surface area contributed by atoms with Gasteiger partial charge in [-0.1, -0.05) is 42.5 Å². The normalized spacial score (nSPS) is 12.0. The van der Waals surface area contributed by atoms with E-state index in [0.717, 1.165) is 16.3 Å². The van der Waals surface area contributed by atoms with Gasteiger partial charge in [-0.25, -0.2) is 4.79 Å². The van der Waals surface area contributed by atoms with Crippen LogP contribution in [-0.4, -0.2) is 36.7 Å². The summed E-state index contributed by atoms with van der Waals surface area (Å²) in [5.74, 6) is -1.37. The number of amides is 1. The molecule has 0 saturated heterocycles. The number of ether oxygens (including phenoxy) is 1. The summed E-state index contributed by atoms with van der Waals surface area (Å²) >= 11 is 0. The second-order valence-electron chi connectivity index (χ2n) is 5.04. The molecule has 0 aromatic heterocycles. The zero-order chi connectivity index (χ0) is 15.9. The lowest BCUT2D eigenvalue weighted by Gasteiger charge is -2.16. The molecule has 0 fully saturated rings. The number of methoxy groups -OCH3 is 1. The summed E-state index contributed by atoms with van der Waals surface area (Å²) in [6, 6.07) is 12.6. The van der Waals surface area contributed by atoms with Crippen molar-refractivity contribution < 1.29 is 19.4 Å². The van der Waals surface area contributed by atoms with Gasteiger partial charge in [-0.05, 0) is 16.3 Å². The fraction of sp³-hybridized carbons (Fsp3) is 0.294. The predicted octanol–water partition coefficient (Wildman–Crippen LogP) is 1.99. The number of hydrogen-bond donors (Lipinski definition) is 2. The molecule has 5 nitrogen and oxygen atoms in total. The Balaban J connectivity index is 2.16. The van der Waals surface area contributed by atoms with E-state index >= 15 is 0 Å². The van der Waals surface area contributed by atoms with Crippen molar-refractivity contribution >= 4 is 22.6 Å². The Morgan fingerprint density at radius 2 is 1.91 bits per heavy atom. The van der Waals surface area contributed by atoms with Crippen molar-refractivity contribution in [3.05, 3.63) is 48.0 Å². The molecule has 2 N–H and O–H groups in total. The predicted molar refractivity (Wildman–Crippen MR) is 83.7 cm³/mol. The van der Waals surface area contributed by atoms with Gasteiger partial charge >= 0.3 is 5.97 Å². The van der Waals surface area contributed by atoms with E-state index in [-0.39, 0.29) is 25.4 Å². The minimum atomic E-state index is -1.04. The fourth-order valence-corrected chi connectivity index (χ4v) is 2.35. The zero-order valence-electron chi connectivity index (χ0n) is 12.4. The molecule has 1 atom stereocenters. The number of carbonyl (C=O) groups is 2. The Bertz CT molecular complexity index is 663. The quantitative estimate of drug-likeness (QED) is 0.820. The van der Waals surface area contributed by atoms with E-state index in [1.165, 1.54) is 7.11 Å². The molecule has 0 radical (unpaired) electrons. The molecule has 22 heavy (non-hydrogen) atoms. The van der Waals surface area contributed by atoms with Crippen LogP contribution in [0.5, 0.6) is 0 Å². The van der Waals surface area contributed by atoms with Crippen molar-refractivity contribution in [2.24, 2.45) is 0 Å². The molecule has 5 heteroatoms. The van der Waals surface area contributed by atoms with Crippen LogP contribution in [0.1, 0.15) is 12.0 Å². The molecular weight excluding hydrogens is 282 g/mol. The molecule has 0 bridgehead atoms. The highest BCUT2D eigenvalue weighted by atomic mass is 16.5. The van der Waals surface area contributed by atoms with Gasteiger partial charge in [0, 0.05) is 20.0 Å². The van der Waals surface area contributed by atoms with Gasteiger partial charge in [0.1, 0.15) is 6.04 Å². The number of fused-ring (bicyclic) bond motifs is 1. The summed E-state index contributed by atoms with van der Waals surface area (Å²) in [6.45, 7) is 0.270. The third kappa shape index (κ3) is 4.05. The Labute approximate surface area is 128 Å². The smallest absolute Gasteiger partial charge is 0.326 e. The summed E-state index contributed by atoms with van der Waals surface area (Å²) in [7, 11) is 1.50. The van der Waals surface area contributed by atoms with Crippen LogP contribution in [-0.2, 0) is 20.7 Å². The number of hydrogen-bond acceptors (Lipinski definition) is 3. The topological polar surface area (TPSA) is 75.6 Å². The lowest BCUT2D eigenvalue weighted by molar-refractivity contribution is -0.141. The van der Waals surface area contributed by atoms with E-state index in [1.807, 2.05) is 42.5 Å². The van der Waals surface area contributed by atoms with E-state index in [4.69, 9.17) is 4.74 Å². The zero-order valence-corrected chi connectivity index (χ0v) is 12.4. The fourth-order valence-electron chi connectivity index (χ4n) is 2.35. The highest BCUT2D eigenvalue weighted by Crippen LogP contribution is 2.19.